The van der Waals surface area contributed by atoms with E-state index >= 15 is 0 Å². The second-order valence-corrected chi connectivity index (χ2v) is 4.91. The lowest BCUT2D eigenvalue weighted by Gasteiger charge is -2.23. The van der Waals surface area contributed by atoms with Crippen molar-refractivity contribution in [2.24, 2.45) is 5.14 Å². The third-order valence-corrected chi connectivity index (χ3v) is 3.14. The zero-order chi connectivity index (χ0) is 11.1. The van der Waals surface area contributed by atoms with E-state index in [0.717, 1.165) is 0 Å². The van der Waals surface area contributed by atoms with Gasteiger partial charge in [-0.25, -0.2) is 18.8 Å². The fourth-order valence-electron chi connectivity index (χ4n) is 1.40. The second-order valence-electron chi connectivity index (χ2n) is 3.27. The van der Waals surface area contributed by atoms with Gasteiger partial charge in [0, 0.05) is 7.11 Å². The van der Waals surface area contributed by atoms with Crippen LogP contribution in [-0.4, -0.2) is 33.8 Å². The summed E-state index contributed by atoms with van der Waals surface area (Å²) in [6.45, 7) is 0.867. The number of fused-ring (bicyclic) bond motifs is 1. The number of hydrogen-bond donors (Lipinski definition) is 2. The van der Waals surface area contributed by atoms with Crippen molar-refractivity contribution in [3.05, 3.63) is 6.20 Å². The van der Waals surface area contributed by atoms with Crippen LogP contribution in [0.25, 0.3) is 0 Å². The van der Waals surface area contributed by atoms with Crippen molar-refractivity contribution >= 4 is 9.92 Å². The minimum Gasteiger partial charge on any atom is -0.474 e. The van der Waals surface area contributed by atoms with E-state index in [2.05, 4.69) is 5.10 Å². The van der Waals surface area contributed by atoms with Crippen molar-refractivity contribution in [3.63, 3.8) is 0 Å². The van der Waals surface area contributed by atoms with Gasteiger partial charge in [0.15, 0.2) is 0 Å². The zero-order valence-corrected chi connectivity index (χ0v) is 8.99. The average Bonchev–Trinajstić information content (AvgIpc) is 2.59. The molecule has 3 N–H and O–H groups in total. The Morgan fingerprint density at radius 3 is 3.20 bits per heavy atom. The van der Waals surface area contributed by atoms with E-state index in [-0.39, 0.29) is 11.0 Å². The van der Waals surface area contributed by atoms with Gasteiger partial charge >= 0.3 is 0 Å². The third kappa shape index (κ3) is 1.83. The van der Waals surface area contributed by atoms with Crippen LogP contribution in [0.5, 0.6) is 5.88 Å². The molecule has 0 spiro atoms. The first-order valence-corrected chi connectivity index (χ1v) is 5.92. The molecule has 7 nitrogen and oxygen atoms in total. The minimum atomic E-state index is -3.27. The first-order chi connectivity index (χ1) is 7.02. The Kier molecular flexibility index (Phi) is 2.41. The van der Waals surface area contributed by atoms with Crippen molar-refractivity contribution in [3.8, 4) is 5.88 Å². The van der Waals surface area contributed by atoms with Gasteiger partial charge in [-0.05, 0) is 0 Å². The summed E-state index contributed by atoms with van der Waals surface area (Å²) >= 11 is 0. The van der Waals surface area contributed by atoms with Crippen molar-refractivity contribution in [2.45, 2.75) is 17.5 Å². The average molecular weight is 232 g/mol. The van der Waals surface area contributed by atoms with E-state index in [1.54, 1.807) is 7.11 Å². The first kappa shape index (κ1) is 10.4. The van der Waals surface area contributed by atoms with Gasteiger partial charge in [-0.2, -0.15) is 5.10 Å². The van der Waals surface area contributed by atoms with Gasteiger partial charge < -0.3 is 9.47 Å². The molecule has 84 valence electrons. The standard InChI is InChI=1S/C7H12N4O3S/c1-13-5-3-11-7(14-4-5)6(2-10-11)15(8,9)12/h2,5H,3-4H2,1H3,(H3,8,9,12). The van der Waals surface area contributed by atoms with Crippen LogP contribution < -0.4 is 9.88 Å². The molecule has 0 bridgehead atoms. The number of rotatable bonds is 2. The molecular weight excluding hydrogens is 220 g/mol. The summed E-state index contributed by atoms with van der Waals surface area (Å²) < 4.78 is 30.6. The molecule has 1 aliphatic heterocycles. The lowest BCUT2D eigenvalue weighted by molar-refractivity contribution is 0.0165. The lowest BCUT2D eigenvalue weighted by atomic mass is 10.3. The predicted octanol–water partition coefficient (Wildman–Crippen LogP) is -0.430. The maximum absolute atomic E-state index is 11.4. The summed E-state index contributed by atoms with van der Waals surface area (Å²) in [7, 11) is -1.69. The number of aromatic nitrogens is 2. The highest BCUT2D eigenvalue weighted by Gasteiger charge is 2.26. The summed E-state index contributed by atoms with van der Waals surface area (Å²) in [5.41, 5.74) is 0. The van der Waals surface area contributed by atoms with Crippen LogP contribution in [0.2, 0.25) is 0 Å². The number of nitrogens with zero attached hydrogens (tertiary/aromatic N) is 2. The van der Waals surface area contributed by atoms with Gasteiger partial charge in [-0.15, -0.1) is 0 Å². The summed E-state index contributed by atoms with van der Waals surface area (Å²) in [6, 6.07) is 0. The molecule has 2 rings (SSSR count). The molecule has 15 heavy (non-hydrogen) atoms. The highest BCUT2D eigenvalue weighted by atomic mass is 32.2. The van der Waals surface area contributed by atoms with Gasteiger partial charge in [-0.1, -0.05) is 0 Å². The van der Waals surface area contributed by atoms with Gasteiger partial charge in [0.25, 0.3) is 0 Å². The lowest BCUT2D eigenvalue weighted by Crippen LogP contribution is -2.32. The van der Waals surface area contributed by atoms with Crippen LogP contribution in [0.15, 0.2) is 11.1 Å². The molecule has 1 aliphatic rings. The van der Waals surface area contributed by atoms with Crippen molar-refractivity contribution in [2.75, 3.05) is 13.7 Å². The van der Waals surface area contributed by atoms with Crippen LogP contribution in [0.3, 0.4) is 0 Å². The minimum absolute atomic E-state index is 0.0789. The summed E-state index contributed by atoms with van der Waals surface area (Å²) in [5.74, 6) is 0.311. The first-order valence-electron chi connectivity index (χ1n) is 4.30. The fourth-order valence-corrected chi connectivity index (χ4v) is 2.03. The molecule has 0 saturated heterocycles. The molecular formula is C7H12N4O3S. The Bertz CT molecular complexity index is 467. The van der Waals surface area contributed by atoms with Crippen molar-refractivity contribution < 1.29 is 13.7 Å². The molecule has 0 radical (unpaired) electrons. The Hall–Kier alpha value is -1.12. The highest BCUT2D eigenvalue weighted by Crippen LogP contribution is 2.26. The normalized spacial score (nSPS) is 24.0. The Morgan fingerprint density at radius 1 is 1.87 bits per heavy atom. The van der Waals surface area contributed by atoms with Crippen LogP contribution in [0, 0.1) is 4.78 Å². The maximum Gasteiger partial charge on any atom is 0.230 e. The molecule has 0 amide bonds. The monoisotopic (exact) mass is 232 g/mol. The largest absolute Gasteiger partial charge is 0.474 e. The van der Waals surface area contributed by atoms with Gasteiger partial charge in [0.1, 0.15) is 27.5 Å². The van der Waals surface area contributed by atoms with E-state index < -0.39 is 9.92 Å². The van der Waals surface area contributed by atoms with Crippen molar-refractivity contribution in [1.29, 1.82) is 4.78 Å². The molecule has 2 atom stereocenters. The number of ether oxygens (including phenoxy) is 2. The fraction of sp³-hybridized carbons (Fsp3) is 0.571. The Labute approximate surface area is 87.3 Å². The maximum atomic E-state index is 11.4. The number of nitrogens with one attached hydrogen (secondary N) is 1. The van der Waals surface area contributed by atoms with Crippen LogP contribution in [0.1, 0.15) is 0 Å². The van der Waals surface area contributed by atoms with Crippen LogP contribution in [-0.2, 0) is 21.2 Å². The topological polar surface area (TPSA) is 103 Å². The van der Waals surface area contributed by atoms with E-state index in [1.807, 2.05) is 0 Å². The Morgan fingerprint density at radius 2 is 2.60 bits per heavy atom. The molecule has 0 aromatic carbocycles. The summed E-state index contributed by atoms with van der Waals surface area (Å²) in [6.07, 6.45) is 1.23. The third-order valence-electron chi connectivity index (χ3n) is 2.20. The quantitative estimate of drug-likeness (QED) is 0.722. The van der Waals surface area contributed by atoms with Gasteiger partial charge in [-0.3, -0.25) is 0 Å². The number of methoxy groups -OCH3 is 1. The predicted molar refractivity (Wildman–Crippen MR) is 51.8 cm³/mol. The van der Waals surface area contributed by atoms with Crippen LogP contribution >= 0.6 is 0 Å². The van der Waals surface area contributed by atoms with E-state index in [4.69, 9.17) is 19.4 Å². The molecule has 1 aromatic heterocycles. The summed E-state index contributed by atoms with van der Waals surface area (Å²) in [4.78, 5) is 0.136. The zero-order valence-electron chi connectivity index (χ0n) is 8.17. The highest BCUT2D eigenvalue weighted by molar-refractivity contribution is 7.90. The Balaban J connectivity index is 2.38. The molecule has 1 aromatic rings. The SMILES string of the molecule is COC1COc2c(S(=N)(N)=O)cnn2C1. The molecule has 2 unspecified atom stereocenters. The van der Waals surface area contributed by atoms with E-state index in [9.17, 15) is 4.21 Å². The summed E-state index contributed by atoms with van der Waals surface area (Å²) in [5, 5.41) is 9.18. The second kappa shape index (κ2) is 3.47. The van der Waals surface area contributed by atoms with Gasteiger partial charge in [0.05, 0.1) is 12.7 Å². The van der Waals surface area contributed by atoms with Crippen molar-refractivity contribution in [1.82, 2.24) is 9.78 Å². The van der Waals surface area contributed by atoms with E-state index in [0.29, 0.717) is 19.0 Å². The van der Waals surface area contributed by atoms with Gasteiger partial charge in [0.2, 0.25) is 5.88 Å². The van der Waals surface area contributed by atoms with Crippen LogP contribution in [0.4, 0.5) is 0 Å². The molecule has 0 fully saturated rings. The van der Waals surface area contributed by atoms with E-state index in [1.165, 1.54) is 10.9 Å². The number of nitrogens with two attached hydrogens (primary N) is 1. The smallest absolute Gasteiger partial charge is 0.230 e. The molecule has 0 saturated carbocycles. The number of hydrogen-bond acceptors (Lipinski definition) is 5. The molecule has 2 heterocycles. The molecule has 8 heteroatoms. The molecule has 0 aliphatic carbocycles.